The van der Waals surface area contributed by atoms with Gasteiger partial charge in [0.2, 0.25) is 10.0 Å². The number of aliphatic carboxylic acids is 1. The smallest absolute Gasteiger partial charge is 0.406 e. The van der Waals surface area contributed by atoms with E-state index in [-0.39, 0.29) is 6.54 Å². The Morgan fingerprint density at radius 1 is 1.39 bits per heavy atom. The van der Waals surface area contributed by atoms with E-state index in [1.165, 1.54) is 6.92 Å². The normalized spacial score (nSPS) is 28.3. The molecule has 1 unspecified atom stereocenters. The Labute approximate surface area is 103 Å². The average Bonchev–Trinajstić information content (AvgIpc) is 2.58. The summed E-state index contributed by atoms with van der Waals surface area (Å²) in [5.41, 5.74) is 0. The predicted molar refractivity (Wildman–Crippen MR) is 56.3 cm³/mol. The number of hydrogen-bond donors (Lipinski definition) is 1. The molecule has 1 fully saturated rings. The Kier molecular flexibility index (Phi) is 3.97. The van der Waals surface area contributed by atoms with Crippen molar-refractivity contribution < 1.29 is 31.5 Å². The predicted octanol–water partition coefficient (Wildman–Crippen LogP) is 0.920. The topological polar surface area (TPSA) is 74.7 Å². The van der Waals surface area contributed by atoms with Crippen LogP contribution in [0.1, 0.15) is 13.8 Å². The van der Waals surface area contributed by atoms with E-state index in [1.807, 2.05) is 0 Å². The molecule has 1 aliphatic rings. The maximum atomic E-state index is 12.4. The van der Waals surface area contributed by atoms with E-state index in [1.54, 1.807) is 0 Å². The Morgan fingerprint density at radius 3 is 2.22 bits per heavy atom. The molecule has 1 aliphatic heterocycles. The third kappa shape index (κ3) is 2.77. The molecule has 5 nitrogen and oxygen atoms in total. The van der Waals surface area contributed by atoms with Crippen molar-refractivity contribution in [3.8, 4) is 0 Å². The minimum atomic E-state index is -4.86. The molecular weight excluding hydrogens is 275 g/mol. The van der Waals surface area contributed by atoms with Gasteiger partial charge in [0, 0.05) is 13.1 Å². The highest BCUT2D eigenvalue weighted by Crippen LogP contribution is 2.32. The Bertz CT molecular complexity index is 434. The minimum Gasteiger partial charge on any atom is -0.481 e. The zero-order valence-corrected chi connectivity index (χ0v) is 10.6. The van der Waals surface area contributed by atoms with Crippen LogP contribution in [-0.4, -0.2) is 48.3 Å². The van der Waals surface area contributed by atoms with Crippen LogP contribution in [0.4, 0.5) is 13.2 Å². The van der Waals surface area contributed by atoms with Crippen molar-refractivity contribution in [2.24, 2.45) is 11.8 Å². The molecule has 0 bridgehead atoms. The molecule has 106 valence electrons. The number of carboxylic acid groups (broad SMARTS) is 1. The second-order valence-electron chi connectivity index (χ2n) is 4.47. The molecule has 0 saturated carbocycles. The van der Waals surface area contributed by atoms with Gasteiger partial charge in [0.1, 0.15) is 0 Å². The molecule has 0 spiro atoms. The summed E-state index contributed by atoms with van der Waals surface area (Å²) in [5, 5.41) is 6.30. The van der Waals surface area contributed by atoms with Gasteiger partial charge in [-0.1, -0.05) is 6.92 Å². The van der Waals surface area contributed by atoms with E-state index in [9.17, 15) is 26.4 Å². The molecule has 0 aromatic rings. The maximum Gasteiger partial charge on any atom is 0.406 e. The SMILES string of the molecule is CC(C(F)(F)F)S(=O)(=O)N1C[C@@H](C)[C@H](C(=O)O)C1. The second kappa shape index (κ2) is 4.69. The van der Waals surface area contributed by atoms with Crippen LogP contribution in [-0.2, 0) is 14.8 Å². The fourth-order valence-corrected chi connectivity index (χ4v) is 3.44. The highest BCUT2D eigenvalue weighted by Gasteiger charge is 2.50. The van der Waals surface area contributed by atoms with Crippen molar-refractivity contribution in [2.75, 3.05) is 13.1 Å². The van der Waals surface area contributed by atoms with Crippen molar-refractivity contribution in [2.45, 2.75) is 25.3 Å². The Balaban J connectivity index is 2.93. The standard InChI is InChI=1S/C9H14F3NO4S/c1-5-3-13(4-7(5)8(14)15)18(16,17)6(2)9(10,11)12/h5-7H,3-4H2,1-2H3,(H,14,15)/t5-,6?,7-/m1/s1. The van der Waals surface area contributed by atoms with Gasteiger partial charge in [-0.2, -0.15) is 13.2 Å². The monoisotopic (exact) mass is 289 g/mol. The molecule has 18 heavy (non-hydrogen) atoms. The lowest BCUT2D eigenvalue weighted by molar-refractivity contribution is -0.142. The second-order valence-corrected chi connectivity index (χ2v) is 6.72. The van der Waals surface area contributed by atoms with Gasteiger partial charge in [0.15, 0.2) is 5.25 Å². The van der Waals surface area contributed by atoms with Crippen molar-refractivity contribution in [3.63, 3.8) is 0 Å². The number of carboxylic acids is 1. The van der Waals surface area contributed by atoms with Gasteiger partial charge >= 0.3 is 12.1 Å². The van der Waals surface area contributed by atoms with E-state index in [2.05, 4.69) is 0 Å². The van der Waals surface area contributed by atoms with E-state index in [4.69, 9.17) is 5.11 Å². The van der Waals surface area contributed by atoms with Crippen LogP contribution < -0.4 is 0 Å². The minimum absolute atomic E-state index is 0.195. The van der Waals surface area contributed by atoms with Gasteiger partial charge in [-0.15, -0.1) is 0 Å². The fraction of sp³-hybridized carbons (Fsp3) is 0.889. The summed E-state index contributed by atoms with van der Waals surface area (Å²) < 4.78 is 61.3. The summed E-state index contributed by atoms with van der Waals surface area (Å²) in [4.78, 5) is 10.8. The lowest BCUT2D eigenvalue weighted by atomic mass is 9.99. The summed E-state index contributed by atoms with van der Waals surface area (Å²) in [6, 6.07) is 0. The number of rotatable bonds is 3. The molecule has 1 N–H and O–H groups in total. The molecule has 0 aromatic carbocycles. The van der Waals surface area contributed by atoms with Gasteiger partial charge in [-0.25, -0.2) is 12.7 Å². The molecule has 0 aromatic heterocycles. The van der Waals surface area contributed by atoms with Crippen molar-refractivity contribution in [3.05, 3.63) is 0 Å². The summed E-state index contributed by atoms with van der Waals surface area (Å²) >= 11 is 0. The molecular formula is C9H14F3NO4S. The highest BCUT2D eigenvalue weighted by atomic mass is 32.2. The summed E-state index contributed by atoms with van der Waals surface area (Å²) in [7, 11) is -4.55. The van der Waals surface area contributed by atoms with Crippen LogP contribution in [0.3, 0.4) is 0 Å². The molecule has 0 amide bonds. The van der Waals surface area contributed by atoms with Crippen LogP contribution in [0.5, 0.6) is 0 Å². The Hall–Kier alpha value is -0.830. The van der Waals surface area contributed by atoms with Crippen LogP contribution in [0.25, 0.3) is 0 Å². The molecule has 3 atom stereocenters. The quantitative estimate of drug-likeness (QED) is 0.838. The molecule has 1 rings (SSSR count). The number of sulfonamides is 1. The first-order valence-electron chi connectivity index (χ1n) is 5.26. The maximum absolute atomic E-state index is 12.4. The van der Waals surface area contributed by atoms with E-state index in [0.717, 1.165) is 0 Å². The van der Waals surface area contributed by atoms with E-state index in [0.29, 0.717) is 11.2 Å². The van der Waals surface area contributed by atoms with Crippen LogP contribution >= 0.6 is 0 Å². The molecule has 9 heteroatoms. The third-order valence-corrected chi connectivity index (χ3v) is 5.34. The first kappa shape index (κ1) is 15.2. The fourth-order valence-electron chi connectivity index (χ4n) is 1.84. The number of halogens is 3. The zero-order valence-electron chi connectivity index (χ0n) is 9.81. The lowest BCUT2D eigenvalue weighted by Gasteiger charge is -2.23. The summed E-state index contributed by atoms with van der Waals surface area (Å²) in [6.07, 6.45) is -4.86. The molecule has 0 radical (unpaired) electrons. The molecule has 0 aliphatic carbocycles. The van der Waals surface area contributed by atoms with Crippen LogP contribution in [0, 0.1) is 11.8 Å². The van der Waals surface area contributed by atoms with Gasteiger partial charge < -0.3 is 5.11 Å². The number of carbonyl (C=O) groups is 1. The largest absolute Gasteiger partial charge is 0.481 e. The van der Waals surface area contributed by atoms with Gasteiger partial charge in [-0.05, 0) is 12.8 Å². The van der Waals surface area contributed by atoms with Gasteiger partial charge in [-0.3, -0.25) is 4.79 Å². The summed E-state index contributed by atoms with van der Waals surface area (Å²) in [5.74, 6) is -2.65. The molecule has 1 heterocycles. The van der Waals surface area contributed by atoms with E-state index >= 15 is 0 Å². The van der Waals surface area contributed by atoms with E-state index < -0.39 is 45.8 Å². The first-order chi connectivity index (χ1) is 7.98. The number of alkyl halides is 3. The van der Waals surface area contributed by atoms with Crippen molar-refractivity contribution in [1.82, 2.24) is 4.31 Å². The highest BCUT2D eigenvalue weighted by molar-refractivity contribution is 7.89. The Morgan fingerprint density at radius 2 is 1.89 bits per heavy atom. The zero-order chi connectivity index (χ0) is 14.3. The van der Waals surface area contributed by atoms with Crippen molar-refractivity contribution in [1.29, 1.82) is 0 Å². The summed E-state index contributed by atoms with van der Waals surface area (Å²) in [6.45, 7) is 1.47. The van der Waals surface area contributed by atoms with Gasteiger partial charge in [0.25, 0.3) is 0 Å². The van der Waals surface area contributed by atoms with Gasteiger partial charge in [0.05, 0.1) is 5.92 Å². The van der Waals surface area contributed by atoms with Crippen molar-refractivity contribution >= 4 is 16.0 Å². The third-order valence-electron chi connectivity index (χ3n) is 3.16. The lowest BCUT2D eigenvalue weighted by Crippen LogP contribution is -2.43. The molecule has 1 saturated heterocycles. The number of hydrogen-bond acceptors (Lipinski definition) is 3. The van der Waals surface area contributed by atoms with Crippen LogP contribution in [0.15, 0.2) is 0 Å². The van der Waals surface area contributed by atoms with Crippen LogP contribution in [0.2, 0.25) is 0 Å². The first-order valence-corrected chi connectivity index (χ1v) is 6.76. The average molecular weight is 289 g/mol. The number of nitrogens with zero attached hydrogens (tertiary/aromatic N) is 1.